The zero-order chi connectivity index (χ0) is 13.2. The zero-order valence-electron chi connectivity index (χ0n) is 10.6. The Kier molecular flexibility index (Phi) is 3.94. The molecule has 96 valence electrons. The first-order chi connectivity index (χ1) is 8.46. The van der Waals surface area contributed by atoms with Crippen LogP contribution in [0.5, 0.6) is 0 Å². The largest absolute Gasteiger partial charge is 0.306 e. The first-order valence-corrected chi connectivity index (χ1v) is 6.82. The highest BCUT2D eigenvalue weighted by molar-refractivity contribution is 7.14. The van der Waals surface area contributed by atoms with Gasteiger partial charge in [0.05, 0.1) is 11.6 Å². The third kappa shape index (κ3) is 3.48. The van der Waals surface area contributed by atoms with E-state index in [1.807, 2.05) is 6.07 Å². The van der Waals surface area contributed by atoms with Gasteiger partial charge >= 0.3 is 0 Å². The van der Waals surface area contributed by atoms with Gasteiger partial charge in [0.25, 0.3) is 0 Å². The summed E-state index contributed by atoms with van der Waals surface area (Å²) in [4.78, 5) is 3.96. The molecular formula is C12H15ClN4S. The Bertz CT molecular complexity index is 533. The second kappa shape index (κ2) is 5.30. The molecule has 0 aliphatic rings. The normalized spacial score (nSPS) is 11.8. The summed E-state index contributed by atoms with van der Waals surface area (Å²) in [5, 5.41) is 14.1. The van der Waals surface area contributed by atoms with Crippen molar-refractivity contribution in [1.82, 2.24) is 20.5 Å². The van der Waals surface area contributed by atoms with E-state index in [0.29, 0.717) is 11.6 Å². The average Bonchev–Trinajstić information content (AvgIpc) is 2.75. The minimum absolute atomic E-state index is 0.0696. The summed E-state index contributed by atoms with van der Waals surface area (Å²) in [5.41, 5.74) is 0.950. The Balaban J connectivity index is 2.14. The first-order valence-electron chi connectivity index (χ1n) is 5.63. The monoisotopic (exact) mass is 282 g/mol. The van der Waals surface area contributed by atoms with Crippen LogP contribution in [0.3, 0.4) is 0 Å². The number of nitrogens with zero attached hydrogens (tertiary/aromatic N) is 3. The van der Waals surface area contributed by atoms with Gasteiger partial charge in [-0.25, -0.2) is 0 Å². The van der Waals surface area contributed by atoms with Crippen molar-refractivity contribution in [3.8, 4) is 10.6 Å². The van der Waals surface area contributed by atoms with Gasteiger partial charge in [-0.15, -0.1) is 10.2 Å². The maximum Gasteiger partial charge on any atom is 0.149 e. The lowest BCUT2D eigenvalue weighted by atomic mass is 10.1. The molecular weight excluding hydrogens is 268 g/mol. The number of aromatic nitrogens is 3. The number of hydrogen-bond donors (Lipinski definition) is 1. The number of nitrogens with one attached hydrogen (secondary N) is 1. The molecule has 0 saturated heterocycles. The summed E-state index contributed by atoms with van der Waals surface area (Å²) in [6.45, 7) is 7.07. The predicted octanol–water partition coefficient (Wildman–Crippen LogP) is 3.14. The molecule has 1 N–H and O–H groups in total. The lowest BCUT2D eigenvalue weighted by Gasteiger charge is -2.19. The van der Waals surface area contributed by atoms with E-state index in [-0.39, 0.29) is 5.54 Å². The summed E-state index contributed by atoms with van der Waals surface area (Å²) >= 11 is 7.62. The summed E-state index contributed by atoms with van der Waals surface area (Å²) < 4.78 is 0. The quantitative estimate of drug-likeness (QED) is 0.940. The van der Waals surface area contributed by atoms with Crippen molar-refractivity contribution in [3.63, 3.8) is 0 Å². The van der Waals surface area contributed by atoms with Crippen LogP contribution in [0.25, 0.3) is 10.6 Å². The third-order valence-corrected chi connectivity index (χ3v) is 3.50. The molecule has 18 heavy (non-hydrogen) atoms. The molecule has 2 heterocycles. The standard InChI is InChI=1S/C12H15ClN4S/c1-12(2,3)15-7-10-16-17-11(18-10)8-4-5-14-6-9(8)13/h4-6,15H,7H2,1-3H3. The van der Waals surface area contributed by atoms with Crippen LogP contribution in [0.15, 0.2) is 18.5 Å². The maximum absolute atomic E-state index is 6.08. The molecule has 2 rings (SSSR count). The fourth-order valence-electron chi connectivity index (χ4n) is 1.32. The van der Waals surface area contributed by atoms with Crippen molar-refractivity contribution >= 4 is 22.9 Å². The van der Waals surface area contributed by atoms with Crippen molar-refractivity contribution in [2.24, 2.45) is 0 Å². The zero-order valence-corrected chi connectivity index (χ0v) is 12.1. The van der Waals surface area contributed by atoms with E-state index in [4.69, 9.17) is 11.6 Å². The van der Waals surface area contributed by atoms with Gasteiger partial charge in [-0.1, -0.05) is 22.9 Å². The minimum Gasteiger partial charge on any atom is -0.306 e. The molecule has 2 aromatic rings. The van der Waals surface area contributed by atoms with Crippen molar-refractivity contribution in [2.75, 3.05) is 0 Å². The van der Waals surface area contributed by atoms with E-state index in [1.165, 1.54) is 0 Å². The Morgan fingerprint density at radius 1 is 1.33 bits per heavy atom. The van der Waals surface area contributed by atoms with Crippen LogP contribution in [0.1, 0.15) is 25.8 Å². The molecule has 0 amide bonds. The fourth-order valence-corrected chi connectivity index (χ4v) is 2.41. The maximum atomic E-state index is 6.08. The summed E-state index contributed by atoms with van der Waals surface area (Å²) in [6.07, 6.45) is 3.32. The van der Waals surface area contributed by atoms with Gasteiger partial charge in [0.2, 0.25) is 0 Å². The number of hydrogen-bond acceptors (Lipinski definition) is 5. The Morgan fingerprint density at radius 2 is 2.11 bits per heavy atom. The first kappa shape index (κ1) is 13.4. The van der Waals surface area contributed by atoms with Gasteiger partial charge in [0, 0.05) is 23.5 Å². The van der Waals surface area contributed by atoms with Gasteiger partial charge in [-0.3, -0.25) is 4.98 Å². The van der Waals surface area contributed by atoms with E-state index in [2.05, 4.69) is 41.3 Å². The Hall–Kier alpha value is -1.04. The van der Waals surface area contributed by atoms with Crippen LogP contribution >= 0.6 is 22.9 Å². The van der Waals surface area contributed by atoms with Gasteiger partial charge in [0.1, 0.15) is 10.0 Å². The van der Waals surface area contributed by atoms with Crippen LogP contribution in [-0.4, -0.2) is 20.7 Å². The number of rotatable bonds is 3. The van der Waals surface area contributed by atoms with E-state index < -0.39 is 0 Å². The summed E-state index contributed by atoms with van der Waals surface area (Å²) in [7, 11) is 0. The molecule has 0 fully saturated rings. The van der Waals surface area contributed by atoms with Gasteiger partial charge < -0.3 is 5.32 Å². The summed E-state index contributed by atoms with van der Waals surface area (Å²) in [6, 6.07) is 1.85. The molecule has 2 aromatic heterocycles. The SMILES string of the molecule is CC(C)(C)NCc1nnc(-c2ccncc2Cl)s1. The van der Waals surface area contributed by atoms with E-state index in [1.54, 1.807) is 23.7 Å². The highest BCUT2D eigenvalue weighted by atomic mass is 35.5. The van der Waals surface area contributed by atoms with Crippen LogP contribution in [0.2, 0.25) is 5.02 Å². The second-order valence-corrected chi connectivity index (χ2v) is 6.43. The highest BCUT2D eigenvalue weighted by Crippen LogP contribution is 2.29. The van der Waals surface area contributed by atoms with Gasteiger partial charge in [-0.05, 0) is 26.8 Å². The smallest absolute Gasteiger partial charge is 0.149 e. The van der Waals surface area contributed by atoms with Crippen molar-refractivity contribution < 1.29 is 0 Å². The second-order valence-electron chi connectivity index (χ2n) is 4.96. The van der Waals surface area contributed by atoms with Crippen LogP contribution in [0, 0.1) is 0 Å². The molecule has 0 unspecified atom stereocenters. The molecule has 0 aliphatic heterocycles. The molecule has 0 radical (unpaired) electrons. The highest BCUT2D eigenvalue weighted by Gasteiger charge is 2.13. The molecule has 6 heteroatoms. The van der Waals surface area contributed by atoms with Crippen LogP contribution in [-0.2, 0) is 6.54 Å². The lowest BCUT2D eigenvalue weighted by Crippen LogP contribution is -2.35. The van der Waals surface area contributed by atoms with Gasteiger partial charge in [-0.2, -0.15) is 0 Å². The van der Waals surface area contributed by atoms with Crippen LogP contribution < -0.4 is 5.32 Å². The van der Waals surface area contributed by atoms with E-state index in [9.17, 15) is 0 Å². The topological polar surface area (TPSA) is 50.7 Å². The Morgan fingerprint density at radius 3 is 2.78 bits per heavy atom. The van der Waals surface area contributed by atoms with Gasteiger partial charge in [0.15, 0.2) is 0 Å². The number of halogens is 1. The van der Waals surface area contributed by atoms with Crippen molar-refractivity contribution in [1.29, 1.82) is 0 Å². The molecule has 4 nitrogen and oxygen atoms in total. The molecule has 0 atom stereocenters. The molecule has 0 aromatic carbocycles. The van der Waals surface area contributed by atoms with E-state index in [0.717, 1.165) is 15.6 Å². The Labute approximate surface area is 115 Å². The third-order valence-electron chi connectivity index (χ3n) is 2.24. The molecule has 0 spiro atoms. The average molecular weight is 283 g/mol. The van der Waals surface area contributed by atoms with Crippen molar-refractivity contribution in [3.05, 3.63) is 28.5 Å². The molecule has 0 aliphatic carbocycles. The fraction of sp³-hybridized carbons (Fsp3) is 0.417. The molecule has 0 saturated carbocycles. The minimum atomic E-state index is 0.0696. The predicted molar refractivity (Wildman–Crippen MR) is 74.7 cm³/mol. The molecule has 0 bridgehead atoms. The number of pyridine rings is 1. The van der Waals surface area contributed by atoms with Crippen molar-refractivity contribution in [2.45, 2.75) is 32.9 Å². The van der Waals surface area contributed by atoms with E-state index >= 15 is 0 Å². The van der Waals surface area contributed by atoms with Crippen LogP contribution in [0.4, 0.5) is 0 Å². The summed E-state index contributed by atoms with van der Waals surface area (Å²) in [5.74, 6) is 0. The lowest BCUT2D eigenvalue weighted by molar-refractivity contribution is 0.423.